The molecule has 3 N–H and O–H groups in total. The zero-order valence-corrected chi connectivity index (χ0v) is 13.5. The molecule has 0 saturated carbocycles. The van der Waals surface area contributed by atoms with Crippen LogP contribution in [0.2, 0.25) is 0 Å². The molecule has 4 nitrogen and oxygen atoms in total. The van der Waals surface area contributed by atoms with Crippen molar-refractivity contribution in [2.45, 2.75) is 19.4 Å². The van der Waals surface area contributed by atoms with Crippen LogP contribution in [-0.4, -0.2) is 24.7 Å². The van der Waals surface area contributed by atoms with Gasteiger partial charge in [-0.3, -0.25) is 4.99 Å². The lowest BCUT2D eigenvalue weighted by Gasteiger charge is -2.15. The van der Waals surface area contributed by atoms with Crippen LogP contribution in [0, 0.1) is 5.82 Å². The highest BCUT2D eigenvalue weighted by molar-refractivity contribution is 7.07. The molecule has 0 aliphatic heterocycles. The molecule has 0 amide bonds. The number of nitrogens with one attached hydrogen (secondary N) is 2. The Morgan fingerprint density at radius 2 is 2.18 bits per heavy atom. The highest BCUT2D eigenvalue weighted by Crippen LogP contribution is 2.17. The van der Waals surface area contributed by atoms with Crippen molar-refractivity contribution in [2.24, 2.45) is 4.99 Å². The zero-order valence-electron chi connectivity index (χ0n) is 12.6. The number of nitrogens with zero attached hydrogens (tertiary/aromatic N) is 1. The first-order chi connectivity index (χ1) is 10.6. The van der Waals surface area contributed by atoms with Gasteiger partial charge in [-0.1, -0.05) is 13.0 Å². The van der Waals surface area contributed by atoms with E-state index in [1.54, 1.807) is 24.5 Å². The Morgan fingerprint density at radius 3 is 2.82 bits per heavy atom. The van der Waals surface area contributed by atoms with Gasteiger partial charge in [-0.25, -0.2) is 4.39 Å². The van der Waals surface area contributed by atoms with Crippen molar-refractivity contribution in [1.82, 2.24) is 10.6 Å². The molecule has 0 saturated heterocycles. The van der Waals surface area contributed by atoms with E-state index in [2.05, 4.69) is 39.4 Å². The number of guanidine groups is 1. The zero-order chi connectivity index (χ0) is 15.9. The van der Waals surface area contributed by atoms with Gasteiger partial charge in [0.1, 0.15) is 0 Å². The minimum atomic E-state index is -0.617. The van der Waals surface area contributed by atoms with Crippen LogP contribution >= 0.6 is 11.3 Å². The number of aromatic hydroxyl groups is 1. The lowest BCUT2D eigenvalue weighted by Crippen LogP contribution is -2.38. The Kier molecular flexibility index (Phi) is 5.77. The summed E-state index contributed by atoms with van der Waals surface area (Å²) in [5.41, 5.74) is 2.04. The standard InChI is InChI=1S/C16H20FN3OS/c1-11(13-5-6-22-10-13)8-19-16(18-2)20-9-12-3-4-15(21)14(17)7-12/h3-7,10-11,21H,8-9H2,1-2H3,(H2,18,19,20). The van der Waals surface area contributed by atoms with E-state index in [0.29, 0.717) is 18.4 Å². The number of benzene rings is 1. The monoisotopic (exact) mass is 321 g/mol. The number of hydrogen-bond acceptors (Lipinski definition) is 3. The second-order valence-electron chi connectivity index (χ2n) is 5.05. The molecule has 2 rings (SSSR count). The smallest absolute Gasteiger partial charge is 0.191 e. The van der Waals surface area contributed by atoms with E-state index in [-0.39, 0.29) is 5.75 Å². The number of halogens is 1. The Balaban J connectivity index is 1.83. The quantitative estimate of drug-likeness (QED) is 0.586. The molecule has 1 heterocycles. The molecule has 2 aromatic rings. The van der Waals surface area contributed by atoms with E-state index in [4.69, 9.17) is 0 Å². The fourth-order valence-corrected chi connectivity index (χ4v) is 2.77. The van der Waals surface area contributed by atoms with Gasteiger partial charge >= 0.3 is 0 Å². The molecule has 0 radical (unpaired) electrons. The Hall–Kier alpha value is -2.08. The molecule has 118 valence electrons. The second-order valence-corrected chi connectivity index (χ2v) is 5.83. The summed E-state index contributed by atoms with van der Waals surface area (Å²) >= 11 is 1.69. The lowest BCUT2D eigenvalue weighted by atomic mass is 10.1. The van der Waals surface area contributed by atoms with Gasteiger partial charge < -0.3 is 15.7 Å². The van der Waals surface area contributed by atoms with Crippen LogP contribution in [0.25, 0.3) is 0 Å². The number of aliphatic imine (C=N–C) groups is 1. The van der Waals surface area contributed by atoms with E-state index in [0.717, 1.165) is 12.1 Å². The second kappa shape index (κ2) is 7.79. The van der Waals surface area contributed by atoms with Crippen molar-refractivity contribution in [2.75, 3.05) is 13.6 Å². The van der Waals surface area contributed by atoms with Crippen LogP contribution in [0.1, 0.15) is 24.0 Å². The van der Waals surface area contributed by atoms with E-state index in [9.17, 15) is 9.50 Å². The van der Waals surface area contributed by atoms with E-state index in [1.165, 1.54) is 17.7 Å². The van der Waals surface area contributed by atoms with Crippen molar-refractivity contribution < 1.29 is 9.50 Å². The summed E-state index contributed by atoms with van der Waals surface area (Å²) in [7, 11) is 1.70. The van der Waals surface area contributed by atoms with Crippen molar-refractivity contribution in [3.63, 3.8) is 0 Å². The van der Waals surface area contributed by atoms with E-state index >= 15 is 0 Å². The van der Waals surface area contributed by atoms with Gasteiger partial charge in [0, 0.05) is 20.1 Å². The Labute approximate surface area is 133 Å². The fraction of sp³-hybridized carbons (Fsp3) is 0.312. The number of hydrogen-bond donors (Lipinski definition) is 3. The first-order valence-corrected chi connectivity index (χ1v) is 7.98. The minimum absolute atomic E-state index is 0.337. The molecule has 0 aliphatic carbocycles. The molecule has 1 aromatic carbocycles. The third-order valence-corrected chi connectivity index (χ3v) is 4.09. The SMILES string of the molecule is CN=C(NCc1ccc(O)c(F)c1)NCC(C)c1ccsc1. The normalized spacial score (nSPS) is 13.0. The van der Waals surface area contributed by atoms with Gasteiger partial charge in [0.15, 0.2) is 17.5 Å². The number of phenolic OH excluding ortho intramolecular Hbond substituents is 1. The van der Waals surface area contributed by atoms with E-state index in [1.807, 2.05) is 0 Å². The summed E-state index contributed by atoms with van der Waals surface area (Å²) in [5, 5.41) is 19.8. The van der Waals surface area contributed by atoms with Gasteiger partial charge in [-0.2, -0.15) is 11.3 Å². The van der Waals surface area contributed by atoms with Crippen LogP contribution < -0.4 is 10.6 Å². The summed E-state index contributed by atoms with van der Waals surface area (Å²) in [6, 6.07) is 6.45. The lowest BCUT2D eigenvalue weighted by molar-refractivity contribution is 0.431. The topological polar surface area (TPSA) is 56.7 Å². The molecule has 1 unspecified atom stereocenters. The number of phenols is 1. The molecule has 0 aliphatic rings. The number of thiophene rings is 1. The maximum absolute atomic E-state index is 13.3. The number of rotatable bonds is 5. The van der Waals surface area contributed by atoms with Gasteiger partial charge in [-0.15, -0.1) is 0 Å². The van der Waals surface area contributed by atoms with Crippen LogP contribution in [0.3, 0.4) is 0 Å². The molecule has 0 spiro atoms. The minimum Gasteiger partial charge on any atom is -0.505 e. The molecule has 6 heteroatoms. The Morgan fingerprint density at radius 1 is 1.36 bits per heavy atom. The summed E-state index contributed by atoms with van der Waals surface area (Å²) in [4.78, 5) is 4.15. The Bertz CT molecular complexity index is 628. The largest absolute Gasteiger partial charge is 0.505 e. The van der Waals surface area contributed by atoms with Crippen LogP contribution in [0.15, 0.2) is 40.0 Å². The first-order valence-electron chi connectivity index (χ1n) is 7.04. The fourth-order valence-electron chi connectivity index (χ4n) is 1.99. The summed E-state index contributed by atoms with van der Waals surface area (Å²) in [6.45, 7) is 3.35. The van der Waals surface area contributed by atoms with Crippen molar-refractivity contribution in [3.05, 3.63) is 52.0 Å². The van der Waals surface area contributed by atoms with Crippen molar-refractivity contribution in [1.29, 1.82) is 0 Å². The predicted octanol–water partition coefficient (Wildman–Crippen LogP) is 3.06. The molecule has 0 fully saturated rings. The van der Waals surface area contributed by atoms with Crippen molar-refractivity contribution >= 4 is 17.3 Å². The van der Waals surface area contributed by atoms with Crippen LogP contribution in [0.4, 0.5) is 4.39 Å². The molecule has 1 atom stereocenters. The molecule has 22 heavy (non-hydrogen) atoms. The summed E-state index contributed by atoms with van der Waals surface area (Å²) in [5.74, 6) is 0.0932. The molecule has 0 bridgehead atoms. The highest BCUT2D eigenvalue weighted by Gasteiger charge is 2.07. The third kappa shape index (κ3) is 4.46. The van der Waals surface area contributed by atoms with Crippen molar-refractivity contribution in [3.8, 4) is 5.75 Å². The molecular formula is C16H20FN3OS. The average Bonchev–Trinajstić information content (AvgIpc) is 3.05. The molecule has 1 aromatic heterocycles. The summed E-state index contributed by atoms with van der Waals surface area (Å²) < 4.78 is 13.3. The van der Waals surface area contributed by atoms with Gasteiger partial charge in [-0.05, 0) is 46.0 Å². The predicted molar refractivity (Wildman–Crippen MR) is 89.0 cm³/mol. The van der Waals surface area contributed by atoms with Crippen LogP contribution in [0.5, 0.6) is 5.75 Å². The molecular weight excluding hydrogens is 301 g/mol. The van der Waals surface area contributed by atoms with Gasteiger partial charge in [0.05, 0.1) is 0 Å². The van der Waals surface area contributed by atoms with E-state index < -0.39 is 5.82 Å². The third-order valence-electron chi connectivity index (χ3n) is 3.38. The maximum atomic E-state index is 13.3. The van der Waals surface area contributed by atoms with Gasteiger partial charge in [0.2, 0.25) is 0 Å². The summed E-state index contributed by atoms with van der Waals surface area (Å²) in [6.07, 6.45) is 0. The van der Waals surface area contributed by atoms with Gasteiger partial charge in [0.25, 0.3) is 0 Å². The average molecular weight is 321 g/mol. The maximum Gasteiger partial charge on any atom is 0.191 e. The highest BCUT2D eigenvalue weighted by atomic mass is 32.1. The van der Waals surface area contributed by atoms with Crippen LogP contribution in [-0.2, 0) is 6.54 Å². The first kappa shape index (κ1) is 16.3.